The molecule has 0 radical (unpaired) electrons. The lowest BCUT2D eigenvalue weighted by atomic mass is 9.85. The Morgan fingerprint density at radius 3 is 2.65 bits per heavy atom. The summed E-state index contributed by atoms with van der Waals surface area (Å²) in [5.41, 5.74) is 3.89. The standard InChI is InChI=1S/C25H33N3O3/c1-17-8-9-18-15-25(2,3)24(22(18)23(17)30)26-21(29)16-27-10-12-28(13-11-27)19-6-5-7-20(14-19)31-4/h5-9,14,24,30H,10-13,15-16H2,1-4H3,(H,26,29). The van der Waals surface area contributed by atoms with Gasteiger partial charge in [0.1, 0.15) is 11.5 Å². The van der Waals surface area contributed by atoms with Gasteiger partial charge in [-0.25, -0.2) is 0 Å². The van der Waals surface area contributed by atoms with Crippen LogP contribution in [0.5, 0.6) is 11.5 Å². The van der Waals surface area contributed by atoms with E-state index >= 15 is 0 Å². The van der Waals surface area contributed by atoms with E-state index in [9.17, 15) is 9.90 Å². The lowest BCUT2D eigenvalue weighted by Crippen LogP contribution is -2.50. The number of rotatable bonds is 5. The molecule has 2 aromatic rings. The molecule has 1 heterocycles. The van der Waals surface area contributed by atoms with Crippen molar-refractivity contribution in [2.75, 3.05) is 44.7 Å². The van der Waals surface area contributed by atoms with Crippen molar-refractivity contribution < 1.29 is 14.6 Å². The smallest absolute Gasteiger partial charge is 0.234 e. The minimum Gasteiger partial charge on any atom is -0.507 e. The Bertz CT molecular complexity index is 964. The van der Waals surface area contributed by atoms with E-state index in [0.29, 0.717) is 12.3 Å². The number of carbonyl (C=O) groups is 1. The molecule has 166 valence electrons. The largest absolute Gasteiger partial charge is 0.507 e. The minimum absolute atomic E-state index is 0.0154. The van der Waals surface area contributed by atoms with E-state index in [-0.39, 0.29) is 17.4 Å². The number of ether oxygens (including phenoxy) is 1. The van der Waals surface area contributed by atoms with E-state index in [2.05, 4.69) is 47.2 Å². The van der Waals surface area contributed by atoms with Gasteiger partial charge in [-0.3, -0.25) is 9.69 Å². The van der Waals surface area contributed by atoms with Crippen LogP contribution in [0.3, 0.4) is 0 Å². The van der Waals surface area contributed by atoms with Gasteiger partial charge < -0.3 is 20.1 Å². The van der Waals surface area contributed by atoms with Crippen molar-refractivity contribution in [3.63, 3.8) is 0 Å². The Balaban J connectivity index is 1.37. The Kier molecular flexibility index (Phi) is 5.84. The first-order valence-corrected chi connectivity index (χ1v) is 11.0. The van der Waals surface area contributed by atoms with Gasteiger partial charge >= 0.3 is 0 Å². The van der Waals surface area contributed by atoms with Gasteiger partial charge in [0.2, 0.25) is 5.91 Å². The molecule has 0 aromatic heterocycles. The van der Waals surface area contributed by atoms with E-state index in [1.54, 1.807) is 7.11 Å². The van der Waals surface area contributed by atoms with Crippen molar-refractivity contribution in [2.24, 2.45) is 5.41 Å². The molecule has 1 amide bonds. The molecule has 6 nitrogen and oxygen atoms in total. The van der Waals surface area contributed by atoms with Gasteiger partial charge in [-0.1, -0.05) is 32.0 Å². The molecule has 0 saturated carbocycles. The second kappa shape index (κ2) is 8.42. The number of fused-ring (bicyclic) bond motifs is 1. The van der Waals surface area contributed by atoms with Gasteiger partial charge in [-0.2, -0.15) is 0 Å². The van der Waals surface area contributed by atoms with Crippen molar-refractivity contribution in [3.8, 4) is 11.5 Å². The van der Waals surface area contributed by atoms with Crippen LogP contribution in [0, 0.1) is 12.3 Å². The maximum atomic E-state index is 12.9. The zero-order valence-electron chi connectivity index (χ0n) is 18.9. The van der Waals surface area contributed by atoms with Crippen molar-refractivity contribution >= 4 is 11.6 Å². The fraction of sp³-hybridized carbons (Fsp3) is 0.480. The van der Waals surface area contributed by atoms with E-state index in [1.165, 1.54) is 0 Å². The van der Waals surface area contributed by atoms with Crippen LogP contribution in [0.2, 0.25) is 0 Å². The lowest BCUT2D eigenvalue weighted by Gasteiger charge is -2.36. The number of phenols is 1. The highest BCUT2D eigenvalue weighted by Gasteiger charge is 2.42. The Hall–Kier alpha value is -2.73. The number of benzene rings is 2. The summed E-state index contributed by atoms with van der Waals surface area (Å²) in [6.45, 7) is 10.00. The first-order chi connectivity index (χ1) is 14.8. The predicted molar refractivity (Wildman–Crippen MR) is 123 cm³/mol. The first-order valence-electron chi connectivity index (χ1n) is 11.0. The van der Waals surface area contributed by atoms with Crippen LogP contribution >= 0.6 is 0 Å². The Morgan fingerprint density at radius 2 is 1.94 bits per heavy atom. The van der Waals surface area contributed by atoms with E-state index in [0.717, 1.165) is 60.7 Å². The quantitative estimate of drug-likeness (QED) is 0.773. The summed E-state index contributed by atoms with van der Waals surface area (Å²) in [6.07, 6.45) is 0.848. The summed E-state index contributed by atoms with van der Waals surface area (Å²) in [5.74, 6) is 1.19. The normalized spacial score (nSPS) is 20.4. The van der Waals surface area contributed by atoms with Gasteiger partial charge in [0.15, 0.2) is 0 Å². The molecule has 4 rings (SSSR count). The van der Waals surface area contributed by atoms with Crippen LogP contribution in [-0.4, -0.2) is 55.7 Å². The number of hydrogen-bond donors (Lipinski definition) is 2. The number of nitrogens with zero attached hydrogens (tertiary/aromatic N) is 2. The third-order valence-corrected chi connectivity index (χ3v) is 6.69. The van der Waals surface area contributed by atoms with Crippen molar-refractivity contribution in [3.05, 3.63) is 53.1 Å². The summed E-state index contributed by atoms with van der Waals surface area (Å²) in [7, 11) is 1.68. The molecule has 1 atom stereocenters. The van der Waals surface area contributed by atoms with Crippen molar-refractivity contribution in [1.82, 2.24) is 10.2 Å². The number of anilines is 1. The van der Waals surface area contributed by atoms with Crippen LogP contribution in [0.25, 0.3) is 0 Å². The van der Waals surface area contributed by atoms with E-state index in [4.69, 9.17) is 4.74 Å². The highest BCUT2D eigenvalue weighted by atomic mass is 16.5. The zero-order chi connectivity index (χ0) is 22.2. The highest BCUT2D eigenvalue weighted by molar-refractivity contribution is 5.79. The molecule has 1 fully saturated rings. The van der Waals surface area contributed by atoms with Crippen LogP contribution in [0.15, 0.2) is 36.4 Å². The van der Waals surface area contributed by atoms with Crippen molar-refractivity contribution in [1.29, 1.82) is 0 Å². The SMILES string of the molecule is COc1cccc(N2CCN(CC(=O)NC3c4c(ccc(C)c4O)CC3(C)C)CC2)c1. The molecule has 1 aliphatic carbocycles. The van der Waals surface area contributed by atoms with Crippen LogP contribution < -0.4 is 15.0 Å². The summed E-state index contributed by atoms with van der Waals surface area (Å²) >= 11 is 0. The molecule has 6 heteroatoms. The lowest BCUT2D eigenvalue weighted by molar-refractivity contribution is -0.123. The third kappa shape index (κ3) is 4.35. The molecule has 2 aromatic carbocycles. The second-order valence-electron chi connectivity index (χ2n) is 9.43. The number of hydrogen-bond acceptors (Lipinski definition) is 5. The van der Waals surface area contributed by atoms with Crippen LogP contribution in [0.4, 0.5) is 5.69 Å². The molecule has 2 aliphatic rings. The molecular weight excluding hydrogens is 390 g/mol. The van der Waals surface area contributed by atoms with Crippen LogP contribution in [0.1, 0.15) is 36.6 Å². The number of carbonyl (C=O) groups excluding carboxylic acids is 1. The molecule has 1 aliphatic heterocycles. The molecule has 2 N–H and O–H groups in total. The van der Waals surface area contributed by atoms with Gasteiger partial charge in [-0.15, -0.1) is 0 Å². The number of aryl methyl sites for hydroxylation is 1. The molecule has 1 unspecified atom stereocenters. The van der Waals surface area contributed by atoms with E-state index < -0.39 is 0 Å². The fourth-order valence-electron chi connectivity index (χ4n) is 4.87. The highest BCUT2D eigenvalue weighted by Crippen LogP contribution is 2.49. The molecule has 31 heavy (non-hydrogen) atoms. The van der Waals surface area contributed by atoms with E-state index in [1.807, 2.05) is 25.1 Å². The van der Waals surface area contributed by atoms with Gasteiger partial charge in [0.05, 0.1) is 19.7 Å². The number of phenolic OH excluding ortho intramolecular Hbond substituents is 1. The maximum absolute atomic E-state index is 12.9. The van der Waals surface area contributed by atoms with Gasteiger partial charge in [0.25, 0.3) is 0 Å². The molecular formula is C25H33N3O3. The maximum Gasteiger partial charge on any atom is 0.234 e. The monoisotopic (exact) mass is 423 g/mol. The first kappa shape index (κ1) is 21.5. The topological polar surface area (TPSA) is 65.0 Å². The van der Waals surface area contributed by atoms with Gasteiger partial charge in [-0.05, 0) is 42.0 Å². The van der Waals surface area contributed by atoms with Crippen molar-refractivity contribution in [2.45, 2.75) is 33.2 Å². The molecule has 1 saturated heterocycles. The molecule has 0 spiro atoms. The summed E-state index contributed by atoms with van der Waals surface area (Å²) in [4.78, 5) is 17.5. The Labute approximate surface area is 184 Å². The molecule has 0 bridgehead atoms. The summed E-state index contributed by atoms with van der Waals surface area (Å²) in [5, 5.41) is 13.9. The number of nitrogens with one attached hydrogen (secondary N) is 1. The summed E-state index contributed by atoms with van der Waals surface area (Å²) < 4.78 is 5.33. The second-order valence-corrected chi connectivity index (χ2v) is 9.43. The summed E-state index contributed by atoms with van der Waals surface area (Å²) in [6, 6.07) is 12.0. The predicted octanol–water partition coefficient (Wildman–Crippen LogP) is 3.27. The number of methoxy groups -OCH3 is 1. The number of piperazine rings is 1. The number of aromatic hydroxyl groups is 1. The number of amides is 1. The fourth-order valence-corrected chi connectivity index (χ4v) is 4.87. The zero-order valence-corrected chi connectivity index (χ0v) is 18.9. The van der Waals surface area contributed by atoms with Crippen LogP contribution in [-0.2, 0) is 11.2 Å². The average molecular weight is 424 g/mol. The minimum atomic E-state index is -0.173. The van der Waals surface area contributed by atoms with Gasteiger partial charge in [0, 0.05) is 43.5 Å². The third-order valence-electron chi connectivity index (χ3n) is 6.69. The average Bonchev–Trinajstić information content (AvgIpc) is 3.01. The Morgan fingerprint density at radius 1 is 1.19 bits per heavy atom.